The predicted octanol–water partition coefficient (Wildman–Crippen LogP) is 3.80. The van der Waals surface area contributed by atoms with Gasteiger partial charge in [0, 0.05) is 24.4 Å². The summed E-state index contributed by atoms with van der Waals surface area (Å²) in [6, 6.07) is 7.26. The lowest BCUT2D eigenvalue weighted by Crippen LogP contribution is -2.35. The minimum absolute atomic E-state index is 0.329. The zero-order chi connectivity index (χ0) is 20.7. The third-order valence-electron chi connectivity index (χ3n) is 3.51. The first kappa shape index (κ1) is 22.3. The molecular weight excluding hydrogens is 398 g/mol. The molecule has 1 amide bonds. The molecule has 0 bridgehead atoms. The van der Waals surface area contributed by atoms with Crippen molar-refractivity contribution in [3.8, 4) is 0 Å². The van der Waals surface area contributed by atoms with Crippen LogP contribution >= 0.6 is 11.3 Å². The Balaban J connectivity index is 2.17. The number of benzene rings is 1. The number of carbonyl (C=O) groups is 1. The van der Waals surface area contributed by atoms with E-state index in [9.17, 15) is 9.00 Å². The molecule has 1 aromatic carbocycles. The van der Waals surface area contributed by atoms with Crippen molar-refractivity contribution in [2.75, 3.05) is 18.1 Å². The summed E-state index contributed by atoms with van der Waals surface area (Å²) in [4.78, 5) is 16.9. The molecule has 0 radical (unpaired) electrons. The number of amides is 1. The summed E-state index contributed by atoms with van der Waals surface area (Å²) in [5.41, 5.74) is 2.03. The van der Waals surface area contributed by atoms with Crippen LogP contribution in [-0.2, 0) is 33.5 Å². The molecule has 2 N–H and O–H groups in total. The molecule has 0 aliphatic rings. The summed E-state index contributed by atoms with van der Waals surface area (Å²) in [6.45, 7) is 5.89. The second-order valence-corrected chi connectivity index (χ2v) is 9.27. The number of methoxy groups -OCH3 is 1. The van der Waals surface area contributed by atoms with Crippen LogP contribution in [-0.4, -0.2) is 34.3 Å². The second-order valence-electron chi connectivity index (χ2n) is 7.27. The molecule has 0 spiro atoms. The van der Waals surface area contributed by atoms with Gasteiger partial charge in [0.25, 0.3) is 0 Å². The molecule has 0 saturated carbocycles. The largest absolute Gasteiger partial charge is 0.444 e. The van der Waals surface area contributed by atoms with E-state index in [1.807, 2.05) is 50.4 Å². The molecule has 0 aliphatic heterocycles. The summed E-state index contributed by atoms with van der Waals surface area (Å²) < 4.78 is 24.7. The van der Waals surface area contributed by atoms with Gasteiger partial charge in [0.05, 0.1) is 18.3 Å². The van der Waals surface area contributed by atoms with Crippen LogP contribution in [0.2, 0.25) is 0 Å². The van der Waals surface area contributed by atoms with Crippen LogP contribution in [0.3, 0.4) is 0 Å². The predicted molar refractivity (Wildman–Crippen MR) is 113 cm³/mol. The number of rotatable bonds is 8. The number of nitrogens with zero attached hydrogens (tertiary/aromatic N) is 1. The van der Waals surface area contributed by atoms with Crippen molar-refractivity contribution in [2.45, 2.75) is 45.4 Å². The van der Waals surface area contributed by atoms with Gasteiger partial charge in [-0.15, -0.1) is 11.3 Å². The Morgan fingerprint density at radius 1 is 1.29 bits per heavy atom. The SMILES string of the molecule is COCc1csc(C(Cc2ccc(NS(C)=O)cc2)NC(=O)OC(C)(C)C)n1. The van der Waals surface area contributed by atoms with E-state index in [-0.39, 0.29) is 6.04 Å². The maximum Gasteiger partial charge on any atom is 0.408 e. The molecule has 2 rings (SSSR count). The van der Waals surface area contributed by atoms with Crippen molar-refractivity contribution in [2.24, 2.45) is 0 Å². The first-order valence-electron chi connectivity index (χ1n) is 8.78. The lowest BCUT2D eigenvalue weighted by Gasteiger charge is -2.23. The Labute approximate surface area is 172 Å². The Morgan fingerprint density at radius 2 is 1.96 bits per heavy atom. The average molecular weight is 426 g/mol. The zero-order valence-electron chi connectivity index (χ0n) is 16.8. The molecule has 2 atom stereocenters. The van der Waals surface area contributed by atoms with Crippen molar-refractivity contribution in [1.82, 2.24) is 10.3 Å². The fourth-order valence-corrected chi connectivity index (χ4v) is 3.78. The third kappa shape index (κ3) is 7.57. The normalized spacial score (nSPS) is 13.6. The van der Waals surface area contributed by atoms with Crippen molar-refractivity contribution in [3.05, 3.63) is 45.9 Å². The molecule has 0 aliphatic carbocycles. The number of ether oxygens (including phenoxy) is 2. The fourth-order valence-electron chi connectivity index (χ4n) is 2.46. The van der Waals surface area contributed by atoms with Crippen molar-refractivity contribution in [3.63, 3.8) is 0 Å². The number of nitrogens with one attached hydrogen (secondary N) is 2. The van der Waals surface area contributed by atoms with E-state index < -0.39 is 22.7 Å². The highest BCUT2D eigenvalue weighted by Crippen LogP contribution is 2.24. The van der Waals surface area contributed by atoms with Crippen LogP contribution in [0.1, 0.15) is 43.1 Å². The average Bonchev–Trinajstić information content (AvgIpc) is 3.03. The topological polar surface area (TPSA) is 89.6 Å². The van der Waals surface area contributed by atoms with E-state index in [0.717, 1.165) is 22.0 Å². The molecule has 2 unspecified atom stereocenters. The van der Waals surface area contributed by atoms with E-state index in [1.165, 1.54) is 11.3 Å². The highest BCUT2D eigenvalue weighted by atomic mass is 32.2. The monoisotopic (exact) mass is 425 g/mol. The van der Waals surface area contributed by atoms with Gasteiger partial charge in [-0.05, 0) is 44.9 Å². The van der Waals surface area contributed by atoms with Crippen LogP contribution in [0.5, 0.6) is 0 Å². The highest BCUT2D eigenvalue weighted by Gasteiger charge is 2.23. The first-order chi connectivity index (χ1) is 13.2. The van der Waals surface area contributed by atoms with Gasteiger partial charge >= 0.3 is 6.09 Å². The highest BCUT2D eigenvalue weighted by molar-refractivity contribution is 7.85. The Bertz CT molecular complexity index is 800. The van der Waals surface area contributed by atoms with Gasteiger partial charge in [-0.25, -0.2) is 14.0 Å². The molecule has 28 heavy (non-hydrogen) atoms. The number of thiazole rings is 1. The number of alkyl carbamates (subject to hydrolysis) is 1. The van der Waals surface area contributed by atoms with Crippen LogP contribution < -0.4 is 10.0 Å². The molecule has 154 valence electrons. The summed E-state index contributed by atoms with van der Waals surface area (Å²) in [7, 11) is 0.495. The van der Waals surface area contributed by atoms with Crippen molar-refractivity contribution < 1.29 is 18.5 Å². The molecule has 0 fully saturated rings. The molecular formula is C19H27N3O4S2. The zero-order valence-corrected chi connectivity index (χ0v) is 18.4. The van der Waals surface area contributed by atoms with E-state index in [1.54, 1.807) is 13.4 Å². The number of hydrogen-bond donors (Lipinski definition) is 2. The molecule has 2 aromatic rings. The Hall–Kier alpha value is -1.97. The maximum atomic E-state index is 12.3. The summed E-state index contributed by atoms with van der Waals surface area (Å²) in [6.07, 6.45) is 1.64. The lowest BCUT2D eigenvalue weighted by atomic mass is 10.1. The van der Waals surface area contributed by atoms with Gasteiger partial charge in [0.2, 0.25) is 0 Å². The van der Waals surface area contributed by atoms with Crippen molar-refractivity contribution >= 4 is 34.1 Å². The third-order valence-corrected chi connectivity index (χ3v) is 5.04. The smallest absolute Gasteiger partial charge is 0.408 e. The Morgan fingerprint density at radius 3 is 2.54 bits per heavy atom. The standard InChI is InChI=1S/C19H27N3O4S2/c1-19(2,3)26-18(23)21-16(17-20-15(11-25-4)12-27-17)10-13-6-8-14(9-7-13)22-28(5)24/h6-9,12,16,22H,10-11H2,1-5H3,(H,21,23). The van der Waals surface area contributed by atoms with Gasteiger partial charge < -0.3 is 19.5 Å². The summed E-state index contributed by atoms with van der Waals surface area (Å²) in [5, 5.41) is 5.63. The van der Waals surface area contributed by atoms with E-state index in [2.05, 4.69) is 15.0 Å². The number of anilines is 1. The minimum atomic E-state index is -1.12. The van der Waals surface area contributed by atoms with Gasteiger partial charge in [0.15, 0.2) is 0 Å². The number of aromatic nitrogens is 1. The minimum Gasteiger partial charge on any atom is -0.444 e. The van der Waals surface area contributed by atoms with E-state index in [4.69, 9.17) is 9.47 Å². The Kier molecular flexibility index (Phi) is 7.97. The van der Waals surface area contributed by atoms with Crippen LogP contribution in [0.25, 0.3) is 0 Å². The lowest BCUT2D eigenvalue weighted by molar-refractivity contribution is 0.0503. The van der Waals surface area contributed by atoms with E-state index >= 15 is 0 Å². The molecule has 1 aromatic heterocycles. The van der Waals surface area contributed by atoms with Gasteiger partial charge in [0.1, 0.15) is 21.6 Å². The van der Waals surface area contributed by atoms with Gasteiger partial charge in [-0.1, -0.05) is 12.1 Å². The van der Waals surface area contributed by atoms with Crippen molar-refractivity contribution in [1.29, 1.82) is 0 Å². The van der Waals surface area contributed by atoms with Gasteiger partial charge in [-0.2, -0.15) is 0 Å². The summed E-state index contributed by atoms with van der Waals surface area (Å²) in [5.74, 6) is 0. The first-order valence-corrected chi connectivity index (χ1v) is 11.2. The molecule has 0 saturated heterocycles. The fraction of sp³-hybridized carbons (Fsp3) is 0.474. The number of hydrogen-bond acceptors (Lipinski definition) is 6. The van der Waals surface area contributed by atoms with Crippen LogP contribution in [0, 0.1) is 0 Å². The molecule has 1 heterocycles. The van der Waals surface area contributed by atoms with Crippen LogP contribution in [0.15, 0.2) is 29.6 Å². The maximum absolute atomic E-state index is 12.3. The summed E-state index contributed by atoms with van der Waals surface area (Å²) >= 11 is 1.47. The molecule has 7 nitrogen and oxygen atoms in total. The van der Waals surface area contributed by atoms with Gasteiger partial charge in [-0.3, -0.25) is 0 Å². The van der Waals surface area contributed by atoms with E-state index in [0.29, 0.717) is 13.0 Å². The molecule has 9 heteroatoms. The second kappa shape index (κ2) is 9.99. The van der Waals surface area contributed by atoms with Crippen LogP contribution in [0.4, 0.5) is 10.5 Å². The quantitative estimate of drug-likeness (QED) is 0.671. The number of carbonyl (C=O) groups excluding carboxylic acids is 1.